The van der Waals surface area contributed by atoms with E-state index in [9.17, 15) is 14.9 Å². The first-order valence-corrected chi connectivity index (χ1v) is 6.01. The van der Waals surface area contributed by atoms with Gasteiger partial charge in [0.05, 0.1) is 15.7 Å². The number of nitrogens with zero attached hydrogens (tertiary/aromatic N) is 1. The molecule has 0 amide bonds. The molecule has 17 heavy (non-hydrogen) atoms. The third-order valence-electron chi connectivity index (χ3n) is 2.29. The molecule has 1 unspecified atom stereocenters. The van der Waals surface area contributed by atoms with Crippen LogP contribution in [-0.4, -0.2) is 21.8 Å². The van der Waals surface area contributed by atoms with Crippen LogP contribution in [0, 0.1) is 23.0 Å². The van der Waals surface area contributed by atoms with Crippen LogP contribution in [0.5, 0.6) is 0 Å². The smallest absolute Gasteiger partial charge is 0.307 e. The zero-order chi connectivity index (χ0) is 13.0. The van der Waals surface area contributed by atoms with Crippen LogP contribution >= 0.6 is 11.8 Å². The van der Waals surface area contributed by atoms with Crippen LogP contribution in [-0.2, 0) is 4.79 Å². The first-order chi connectivity index (χ1) is 7.93. The van der Waals surface area contributed by atoms with Crippen molar-refractivity contribution in [3.63, 3.8) is 0 Å². The van der Waals surface area contributed by atoms with E-state index in [2.05, 4.69) is 0 Å². The molecular formula is C11H13NO4S. The number of thioether (sulfide) groups is 1. The van der Waals surface area contributed by atoms with E-state index >= 15 is 0 Å². The Morgan fingerprint density at radius 2 is 2.24 bits per heavy atom. The van der Waals surface area contributed by atoms with Gasteiger partial charge in [-0.05, 0) is 12.5 Å². The van der Waals surface area contributed by atoms with Crippen molar-refractivity contribution < 1.29 is 14.8 Å². The lowest BCUT2D eigenvalue weighted by atomic mass is 10.2. The number of nitro groups is 1. The molecule has 92 valence electrons. The second kappa shape index (κ2) is 5.67. The van der Waals surface area contributed by atoms with E-state index in [1.807, 2.05) is 0 Å². The third-order valence-corrected chi connectivity index (χ3v) is 3.77. The number of carbonyl (C=O) groups is 1. The summed E-state index contributed by atoms with van der Waals surface area (Å²) in [7, 11) is 0. The van der Waals surface area contributed by atoms with Crippen LogP contribution in [0.15, 0.2) is 23.1 Å². The molecule has 0 spiro atoms. The monoisotopic (exact) mass is 255 g/mol. The Balaban J connectivity index is 2.90. The minimum atomic E-state index is -0.895. The van der Waals surface area contributed by atoms with Gasteiger partial charge >= 0.3 is 5.97 Å². The summed E-state index contributed by atoms with van der Waals surface area (Å²) in [5.41, 5.74) is 0.828. The van der Waals surface area contributed by atoms with Gasteiger partial charge in [-0.15, -0.1) is 11.8 Å². The Labute approximate surface area is 103 Å². The number of aryl methyl sites for hydroxylation is 1. The molecule has 0 bridgehead atoms. The number of hydrogen-bond acceptors (Lipinski definition) is 4. The fourth-order valence-electron chi connectivity index (χ4n) is 1.25. The standard InChI is InChI=1S/C11H13NO4S/c1-7-4-3-5-9(12(15)16)10(7)17-6-8(2)11(13)14/h3-5,8H,6H2,1-2H3,(H,13,14). The second-order valence-corrected chi connectivity index (χ2v) is 4.76. The van der Waals surface area contributed by atoms with Gasteiger partial charge in [0.25, 0.3) is 5.69 Å². The average Bonchev–Trinajstić information content (AvgIpc) is 2.26. The highest BCUT2D eigenvalue weighted by Crippen LogP contribution is 2.33. The SMILES string of the molecule is Cc1cccc([N+](=O)[O-])c1SCC(C)C(=O)O. The lowest BCUT2D eigenvalue weighted by Crippen LogP contribution is -2.12. The van der Waals surface area contributed by atoms with E-state index in [1.54, 1.807) is 26.0 Å². The number of carboxylic acid groups (broad SMARTS) is 1. The minimum Gasteiger partial charge on any atom is -0.481 e. The number of nitro benzene ring substituents is 1. The zero-order valence-electron chi connectivity index (χ0n) is 9.54. The first kappa shape index (κ1) is 13.5. The van der Waals surface area contributed by atoms with Crippen LogP contribution in [0.4, 0.5) is 5.69 Å². The molecule has 1 atom stereocenters. The number of carboxylic acids is 1. The molecule has 1 aromatic rings. The predicted molar refractivity (Wildman–Crippen MR) is 65.4 cm³/mol. The Bertz CT molecular complexity index is 447. The minimum absolute atomic E-state index is 0.0348. The van der Waals surface area contributed by atoms with Gasteiger partial charge in [-0.3, -0.25) is 14.9 Å². The molecule has 0 aliphatic carbocycles. The number of aliphatic carboxylic acids is 1. The molecule has 0 saturated heterocycles. The highest BCUT2D eigenvalue weighted by atomic mass is 32.2. The molecule has 1 rings (SSSR count). The summed E-state index contributed by atoms with van der Waals surface area (Å²) in [5, 5.41) is 19.6. The molecule has 5 nitrogen and oxygen atoms in total. The fraction of sp³-hybridized carbons (Fsp3) is 0.364. The van der Waals surface area contributed by atoms with Crippen LogP contribution in [0.3, 0.4) is 0 Å². The van der Waals surface area contributed by atoms with E-state index < -0.39 is 16.8 Å². The van der Waals surface area contributed by atoms with E-state index in [4.69, 9.17) is 5.11 Å². The summed E-state index contributed by atoms with van der Waals surface area (Å²) in [6, 6.07) is 4.83. The molecule has 0 aliphatic heterocycles. The summed E-state index contributed by atoms with van der Waals surface area (Å²) >= 11 is 1.22. The van der Waals surface area contributed by atoms with Crippen molar-refractivity contribution in [2.75, 3.05) is 5.75 Å². The molecule has 0 aliphatic rings. The van der Waals surface area contributed by atoms with Gasteiger partial charge in [0.1, 0.15) is 0 Å². The van der Waals surface area contributed by atoms with Crippen molar-refractivity contribution in [2.24, 2.45) is 5.92 Å². The number of rotatable bonds is 5. The van der Waals surface area contributed by atoms with Gasteiger partial charge in [-0.25, -0.2) is 0 Å². The molecule has 0 radical (unpaired) electrons. The van der Waals surface area contributed by atoms with Gasteiger partial charge < -0.3 is 5.11 Å². The highest BCUT2D eigenvalue weighted by Gasteiger charge is 2.18. The van der Waals surface area contributed by atoms with Crippen LogP contribution in [0.1, 0.15) is 12.5 Å². The summed E-state index contributed by atoms with van der Waals surface area (Å²) < 4.78 is 0. The maximum Gasteiger partial charge on any atom is 0.307 e. The van der Waals surface area contributed by atoms with Crippen LogP contribution < -0.4 is 0 Å². The second-order valence-electron chi connectivity index (χ2n) is 3.73. The molecular weight excluding hydrogens is 242 g/mol. The normalized spacial score (nSPS) is 12.1. The highest BCUT2D eigenvalue weighted by molar-refractivity contribution is 7.99. The molecule has 0 fully saturated rings. The molecule has 6 heteroatoms. The Kier molecular flexibility index (Phi) is 4.51. The van der Waals surface area contributed by atoms with Crippen molar-refractivity contribution in [1.29, 1.82) is 0 Å². The summed E-state index contributed by atoms with van der Waals surface area (Å²) in [5.74, 6) is -1.10. The third kappa shape index (κ3) is 3.45. The summed E-state index contributed by atoms with van der Waals surface area (Å²) in [6.45, 7) is 3.36. The van der Waals surface area contributed by atoms with Crippen molar-refractivity contribution >= 4 is 23.4 Å². The Morgan fingerprint density at radius 1 is 1.59 bits per heavy atom. The first-order valence-electron chi connectivity index (χ1n) is 5.03. The van der Waals surface area contributed by atoms with Crippen LogP contribution in [0.25, 0.3) is 0 Å². The van der Waals surface area contributed by atoms with Crippen molar-refractivity contribution in [1.82, 2.24) is 0 Å². The lowest BCUT2D eigenvalue weighted by molar-refractivity contribution is -0.387. The molecule has 1 N–H and O–H groups in total. The van der Waals surface area contributed by atoms with E-state index in [0.29, 0.717) is 10.6 Å². The van der Waals surface area contributed by atoms with Gasteiger partial charge in [0, 0.05) is 11.8 Å². The van der Waals surface area contributed by atoms with Crippen molar-refractivity contribution in [2.45, 2.75) is 18.7 Å². The Hall–Kier alpha value is -1.56. The lowest BCUT2D eigenvalue weighted by Gasteiger charge is -2.08. The topological polar surface area (TPSA) is 80.4 Å². The molecule has 0 heterocycles. The quantitative estimate of drug-likeness (QED) is 0.497. The molecule has 0 aromatic heterocycles. The largest absolute Gasteiger partial charge is 0.481 e. The van der Waals surface area contributed by atoms with Crippen molar-refractivity contribution in [3.8, 4) is 0 Å². The number of benzene rings is 1. The summed E-state index contributed by atoms with van der Waals surface area (Å²) in [4.78, 5) is 21.6. The number of hydrogen-bond donors (Lipinski definition) is 1. The van der Waals surface area contributed by atoms with E-state index in [-0.39, 0.29) is 5.69 Å². The van der Waals surface area contributed by atoms with Crippen LogP contribution in [0.2, 0.25) is 0 Å². The van der Waals surface area contributed by atoms with E-state index in [1.165, 1.54) is 17.8 Å². The zero-order valence-corrected chi connectivity index (χ0v) is 10.4. The summed E-state index contributed by atoms with van der Waals surface area (Å²) in [6.07, 6.45) is 0. The van der Waals surface area contributed by atoms with Crippen molar-refractivity contribution in [3.05, 3.63) is 33.9 Å². The predicted octanol–water partition coefficient (Wildman–Crippen LogP) is 2.72. The maximum atomic E-state index is 10.8. The van der Waals surface area contributed by atoms with Gasteiger partial charge in [-0.1, -0.05) is 19.1 Å². The van der Waals surface area contributed by atoms with Gasteiger partial charge in [0.15, 0.2) is 0 Å². The van der Waals surface area contributed by atoms with Gasteiger partial charge in [-0.2, -0.15) is 0 Å². The molecule has 0 saturated carbocycles. The molecule has 1 aromatic carbocycles. The average molecular weight is 255 g/mol. The fourth-order valence-corrected chi connectivity index (χ4v) is 2.39. The maximum absolute atomic E-state index is 10.8. The van der Waals surface area contributed by atoms with Gasteiger partial charge in [0.2, 0.25) is 0 Å². The Morgan fingerprint density at radius 3 is 2.76 bits per heavy atom. The van der Waals surface area contributed by atoms with E-state index in [0.717, 1.165) is 5.56 Å².